The fraction of sp³-hybridized carbons (Fsp3) is 0.727. The predicted octanol–water partition coefficient (Wildman–Crippen LogP) is 2.58. The summed E-state index contributed by atoms with van der Waals surface area (Å²) in [5.41, 5.74) is 0.630. The highest BCUT2D eigenvalue weighted by atomic mass is 35.5. The Balaban J connectivity index is 3.05. The van der Waals surface area contributed by atoms with E-state index in [0.29, 0.717) is 10.7 Å². The minimum atomic E-state index is -0.743. The number of aromatic nitrogens is 2. The number of nitrogens with zero attached hydrogens (tertiary/aromatic N) is 2. The lowest BCUT2D eigenvalue weighted by atomic mass is 10.1. The molecule has 0 fully saturated rings. The van der Waals surface area contributed by atoms with Gasteiger partial charge in [0.25, 0.3) is 0 Å². The number of aliphatic hydroxyl groups is 1. The van der Waals surface area contributed by atoms with Gasteiger partial charge in [-0.1, -0.05) is 18.5 Å². The van der Waals surface area contributed by atoms with E-state index in [1.165, 1.54) is 0 Å². The normalized spacial score (nSPS) is 15.4. The van der Waals surface area contributed by atoms with E-state index < -0.39 is 6.10 Å². The molecule has 0 spiro atoms. The van der Waals surface area contributed by atoms with Crippen molar-refractivity contribution >= 4 is 11.6 Å². The van der Waals surface area contributed by atoms with Gasteiger partial charge in [-0.3, -0.25) is 4.68 Å². The molecule has 0 amide bonds. The van der Waals surface area contributed by atoms with Crippen molar-refractivity contribution in [2.45, 2.75) is 45.4 Å². The lowest BCUT2D eigenvalue weighted by Crippen LogP contribution is -2.23. The van der Waals surface area contributed by atoms with Gasteiger partial charge in [0.15, 0.2) is 0 Å². The molecule has 0 aromatic carbocycles. The Bertz CT molecular complexity index is 335. The van der Waals surface area contributed by atoms with Crippen LogP contribution in [0.4, 0.5) is 0 Å². The Kier molecular flexibility index (Phi) is 4.77. The molecular formula is C11H19ClN2O2. The second-order valence-electron chi connectivity index (χ2n) is 4.04. The van der Waals surface area contributed by atoms with Crippen molar-refractivity contribution in [3.8, 4) is 0 Å². The van der Waals surface area contributed by atoms with Crippen LogP contribution in [0.2, 0.25) is 5.02 Å². The smallest absolute Gasteiger partial charge is 0.123 e. The van der Waals surface area contributed by atoms with Crippen molar-refractivity contribution in [3.05, 3.63) is 16.9 Å². The summed E-state index contributed by atoms with van der Waals surface area (Å²) < 4.78 is 6.96. The molecule has 5 heteroatoms. The molecule has 0 saturated carbocycles. The summed E-state index contributed by atoms with van der Waals surface area (Å²) in [6.45, 7) is 5.95. The number of ether oxygens (including phenoxy) is 1. The maximum absolute atomic E-state index is 10.2. The van der Waals surface area contributed by atoms with Crippen LogP contribution in [0, 0.1) is 0 Å². The van der Waals surface area contributed by atoms with E-state index in [2.05, 4.69) is 5.10 Å². The van der Waals surface area contributed by atoms with Crippen LogP contribution < -0.4 is 0 Å². The molecule has 1 aromatic rings. The molecule has 0 saturated heterocycles. The first-order valence-electron chi connectivity index (χ1n) is 5.46. The molecule has 0 aliphatic carbocycles. The quantitative estimate of drug-likeness (QED) is 0.869. The summed E-state index contributed by atoms with van der Waals surface area (Å²) in [6.07, 6.45) is 1.28. The third-order valence-corrected chi connectivity index (χ3v) is 2.90. The number of rotatable bonds is 5. The van der Waals surface area contributed by atoms with Crippen LogP contribution >= 0.6 is 11.6 Å². The number of aliphatic hydroxyl groups excluding tert-OH is 1. The Labute approximate surface area is 101 Å². The molecule has 2 unspecified atom stereocenters. The van der Waals surface area contributed by atoms with Gasteiger partial charge in [0.2, 0.25) is 0 Å². The summed E-state index contributed by atoms with van der Waals surface area (Å²) >= 11 is 6.04. The summed E-state index contributed by atoms with van der Waals surface area (Å²) in [4.78, 5) is 0. The average Bonchev–Trinajstić information content (AvgIpc) is 2.61. The van der Waals surface area contributed by atoms with Gasteiger partial charge in [-0.05, 0) is 20.3 Å². The van der Waals surface area contributed by atoms with Crippen LogP contribution in [0.15, 0.2) is 6.20 Å². The van der Waals surface area contributed by atoms with Gasteiger partial charge in [0, 0.05) is 13.2 Å². The van der Waals surface area contributed by atoms with Gasteiger partial charge in [-0.25, -0.2) is 0 Å². The minimum absolute atomic E-state index is 0.159. The molecule has 1 heterocycles. The van der Waals surface area contributed by atoms with Crippen molar-refractivity contribution in [1.29, 1.82) is 0 Å². The lowest BCUT2D eigenvalue weighted by molar-refractivity contribution is -0.0194. The first kappa shape index (κ1) is 13.5. The van der Waals surface area contributed by atoms with E-state index in [1.807, 2.05) is 20.8 Å². The lowest BCUT2D eigenvalue weighted by Gasteiger charge is -2.22. The van der Waals surface area contributed by atoms with Crippen LogP contribution in [0.1, 0.15) is 45.0 Å². The van der Waals surface area contributed by atoms with Crippen molar-refractivity contribution in [3.63, 3.8) is 0 Å². The largest absolute Gasteiger partial charge is 0.384 e. The highest BCUT2D eigenvalue weighted by Crippen LogP contribution is 2.29. The molecule has 16 heavy (non-hydrogen) atoms. The van der Waals surface area contributed by atoms with E-state index in [-0.39, 0.29) is 12.1 Å². The standard InChI is InChI=1S/C11H19ClN2O2/c1-5-9(16-4)11(15)10-8(12)6-13-14(10)7(2)3/h6-7,9,11,15H,5H2,1-4H3. The topological polar surface area (TPSA) is 47.3 Å². The summed E-state index contributed by atoms with van der Waals surface area (Å²) in [5.74, 6) is 0. The number of hydrogen-bond donors (Lipinski definition) is 1. The zero-order valence-corrected chi connectivity index (χ0v) is 10.9. The first-order chi connectivity index (χ1) is 7.52. The second-order valence-corrected chi connectivity index (χ2v) is 4.45. The van der Waals surface area contributed by atoms with Gasteiger partial charge < -0.3 is 9.84 Å². The molecule has 0 bridgehead atoms. The zero-order chi connectivity index (χ0) is 12.3. The average molecular weight is 247 g/mol. The molecule has 0 radical (unpaired) electrons. The molecule has 92 valence electrons. The molecule has 0 aliphatic rings. The fourth-order valence-corrected chi connectivity index (χ4v) is 1.98. The zero-order valence-electron chi connectivity index (χ0n) is 10.1. The van der Waals surface area contributed by atoms with Crippen LogP contribution in [-0.2, 0) is 4.74 Å². The first-order valence-corrected chi connectivity index (χ1v) is 5.84. The van der Waals surface area contributed by atoms with Crippen molar-refractivity contribution in [2.75, 3.05) is 7.11 Å². The SMILES string of the molecule is CCC(OC)C(O)c1c(Cl)cnn1C(C)C. The van der Waals surface area contributed by atoms with Gasteiger partial charge in [0.05, 0.1) is 23.0 Å². The third-order valence-electron chi connectivity index (χ3n) is 2.61. The monoisotopic (exact) mass is 246 g/mol. The number of hydrogen-bond acceptors (Lipinski definition) is 3. The van der Waals surface area contributed by atoms with E-state index in [1.54, 1.807) is 18.0 Å². The highest BCUT2D eigenvalue weighted by molar-refractivity contribution is 6.31. The van der Waals surface area contributed by atoms with Crippen molar-refractivity contribution in [2.24, 2.45) is 0 Å². The third kappa shape index (κ3) is 2.56. The minimum Gasteiger partial charge on any atom is -0.384 e. The molecule has 1 aromatic heterocycles. The van der Waals surface area contributed by atoms with Crippen LogP contribution in [0.3, 0.4) is 0 Å². The summed E-state index contributed by atoms with van der Waals surface area (Å²) in [7, 11) is 1.58. The van der Waals surface area contributed by atoms with E-state index in [0.717, 1.165) is 6.42 Å². The summed E-state index contributed by atoms with van der Waals surface area (Å²) in [5, 5.41) is 14.8. The molecule has 0 aliphatic heterocycles. The van der Waals surface area contributed by atoms with Gasteiger partial charge in [-0.15, -0.1) is 0 Å². The van der Waals surface area contributed by atoms with Crippen LogP contribution in [0.5, 0.6) is 0 Å². The Hall–Kier alpha value is -0.580. The van der Waals surface area contributed by atoms with Crippen LogP contribution in [0.25, 0.3) is 0 Å². The maximum atomic E-state index is 10.2. The number of halogens is 1. The van der Waals surface area contributed by atoms with E-state index in [4.69, 9.17) is 16.3 Å². The molecular weight excluding hydrogens is 228 g/mol. The molecule has 4 nitrogen and oxygen atoms in total. The van der Waals surface area contributed by atoms with Gasteiger partial charge in [0.1, 0.15) is 6.10 Å². The molecule has 2 atom stereocenters. The second kappa shape index (κ2) is 5.66. The van der Waals surface area contributed by atoms with Gasteiger partial charge in [-0.2, -0.15) is 5.10 Å². The summed E-state index contributed by atoms with van der Waals surface area (Å²) in [6, 6.07) is 0.159. The van der Waals surface area contributed by atoms with Crippen molar-refractivity contribution < 1.29 is 9.84 Å². The van der Waals surface area contributed by atoms with Crippen molar-refractivity contribution in [1.82, 2.24) is 9.78 Å². The van der Waals surface area contributed by atoms with Gasteiger partial charge >= 0.3 is 0 Å². The Morgan fingerprint density at radius 3 is 2.62 bits per heavy atom. The Morgan fingerprint density at radius 2 is 2.19 bits per heavy atom. The molecule has 1 rings (SSSR count). The number of methoxy groups -OCH3 is 1. The van der Waals surface area contributed by atoms with E-state index >= 15 is 0 Å². The molecule has 1 N–H and O–H groups in total. The predicted molar refractivity (Wildman–Crippen MR) is 63.7 cm³/mol. The maximum Gasteiger partial charge on any atom is 0.123 e. The highest BCUT2D eigenvalue weighted by Gasteiger charge is 2.26. The Morgan fingerprint density at radius 1 is 1.56 bits per heavy atom. The van der Waals surface area contributed by atoms with E-state index in [9.17, 15) is 5.11 Å². The fourth-order valence-electron chi connectivity index (χ4n) is 1.73. The van der Waals surface area contributed by atoms with Crippen LogP contribution in [-0.4, -0.2) is 28.1 Å².